The number of methoxy groups -OCH3 is 1. The Morgan fingerprint density at radius 3 is 2.69 bits per heavy atom. The van der Waals surface area contributed by atoms with E-state index in [1.54, 1.807) is 23.2 Å². The first-order chi connectivity index (χ1) is 15.3. The summed E-state index contributed by atoms with van der Waals surface area (Å²) >= 11 is 0. The van der Waals surface area contributed by atoms with Crippen molar-refractivity contribution in [3.63, 3.8) is 0 Å². The zero-order valence-corrected chi connectivity index (χ0v) is 17.8. The number of hydrogen-bond donors (Lipinski definition) is 1. The second-order valence-corrected chi connectivity index (χ2v) is 8.14. The Labute approximate surface area is 183 Å². The van der Waals surface area contributed by atoms with Crippen molar-refractivity contribution in [2.75, 3.05) is 7.11 Å². The first-order valence-corrected chi connectivity index (χ1v) is 10.6. The highest BCUT2D eigenvalue weighted by molar-refractivity contribution is 5.82. The van der Waals surface area contributed by atoms with Crippen LogP contribution in [0.25, 0.3) is 22.3 Å². The van der Waals surface area contributed by atoms with Crippen molar-refractivity contribution in [1.29, 1.82) is 0 Å². The summed E-state index contributed by atoms with van der Waals surface area (Å²) in [6.07, 6.45) is 4.22. The number of hydrogen-bond acceptors (Lipinski definition) is 4. The summed E-state index contributed by atoms with van der Waals surface area (Å²) in [6, 6.07) is 5.56. The molecule has 6 nitrogen and oxygen atoms in total. The lowest BCUT2D eigenvalue weighted by Crippen LogP contribution is -2.38. The van der Waals surface area contributed by atoms with Crippen LogP contribution in [0, 0.1) is 0 Å². The van der Waals surface area contributed by atoms with Gasteiger partial charge in [0.15, 0.2) is 5.65 Å². The predicted molar refractivity (Wildman–Crippen MR) is 114 cm³/mol. The minimum absolute atomic E-state index is 0.0348. The van der Waals surface area contributed by atoms with Gasteiger partial charge in [-0.15, -0.1) is 0 Å². The Balaban J connectivity index is 1.56. The number of ether oxygens (including phenoxy) is 1. The summed E-state index contributed by atoms with van der Waals surface area (Å²) in [5.74, 6) is -0.0767. The van der Waals surface area contributed by atoms with Crippen molar-refractivity contribution < 1.29 is 22.7 Å². The highest BCUT2D eigenvalue weighted by atomic mass is 19.4. The minimum Gasteiger partial charge on any atom is -0.380 e. The smallest absolute Gasteiger partial charge is 0.380 e. The van der Waals surface area contributed by atoms with Gasteiger partial charge in [-0.2, -0.15) is 13.2 Å². The SMILES string of the molecule is COCc1cc(C(F)(F)F)ccc1-c1cnc2c(c1)ncn2CC(=O)NC1CCCCC1. The quantitative estimate of drug-likeness (QED) is 0.595. The van der Waals surface area contributed by atoms with E-state index >= 15 is 0 Å². The average Bonchev–Trinajstić information content (AvgIpc) is 3.16. The third kappa shape index (κ3) is 4.93. The molecular formula is C23H25F3N4O2. The zero-order chi connectivity index (χ0) is 22.7. The van der Waals surface area contributed by atoms with Gasteiger partial charge < -0.3 is 14.6 Å². The number of fused-ring (bicyclic) bond motifs is 1. The second-order valence-electron chi connectivity index (χ2n) is 8.14. The first kappa shape index (κ1) is 22.3. The van der Waals surface area contributed by atoms with E-state index in [4.69, 9.17) is 4.74 Å². The van der Waals surface area contributed by atoms with E-state index in [0.717, 1.165) is 37.8 Å². The number of alkyl halides is 3. The van der Waals surface area contributed by atoms with E-state index in [1.807, 2.05) is 0 Å². The van der Waals surface area contributed by atoms with Gasteiger partial charge in [0.05, 0.1) is 18.5 Å². The van der Waals surface area contributed by atoms with Crippen LogP contribution in [-0.4, -0.2) is 33.6 Å². The monoisotopic (exact) mass is 446 g/mol. The predicted octanol–water partition coefficient (Wildman–Crippen LogP) is 4.71. The van der Waals surface area contributed by atoms with Gasteiger partial charge in [0.1, 0.15) is 12.1 Å². The van der Waals surface area contributed by atoms with E-state index in [-0.39, 0.29) is 25.1 Å². The number of benzene rings is 1. The Kier molecular flexibility index (Phi) is 6.45. The second kappa shape index (κ2) is 9.28. The van der Waals surface area contributed by atoms with Gasteiger partial charge >= 0.3 is 6.18 Å². The van der Waals surface area contributed by atoms with E-state index in [9.17, 15) is 18.0 Å². The lowest BCUT2D eigenvalue weighted by molar-refractivity contribution is -0.137. The molecular weight excluding hydrogens is 421 g/mol. The maximum absolute atomic E-state index is 13.1. The molecule has 32 heavy (non-hydrogen) atoms. The molecule has 1 fully saturated rings. The maximum atomic E-state index is 13.1. The van der Waals surface area contributed by atoms with E-state index in [1.165, 1.54) is 19.6 Å². The van der Waals surface area contributed by atoms with Gasteiger partial charge in [-0.25, -0.2) is 9.97 Å². The number of aromatic nitrogens is 3. The molecule has 9 heteroatoms. The van der Waals surface area contributed by atoms with Crippen LogP contribution in [0.1, 0.15) is 43.2 Å². The van der Waals surface area contributed by atoms with E-state index < -0.39 is 11.7 Å². The molecule has 0 unspecified atom stereocenters. The molecule has 2 aromatic heterocycles. The number of carbonyl (C=O) groups excluding carboxylic acids is 1. The van der Waals surface area contributed by atoms with Crippen molar-refractivity contribution in [3.05, 3.63) is 47.9 Å². The van der Waals surface area contributed by atoms with Crippen LogP contribution in [0.2, 0.25) is 0 Å². The molecule has 0 radical (unpaired) electrons. The van der Waals surface area contributed by atoms with Crippen molar-refractivity contribution in [3.8, 4) is 11.1 Å². The van der Waals surface area contributed by atoms with Gasteiger partial charge in [0, 0.05) is 24.9 Å². The van der Waals surface area contributed by atoms with Gasteiger partial charge in [-0.1, -0.05) is 25.3 Å². The van der Waals surface area contributed by atoms with Crippen molar-refractivity contribution in [1.82, 2.24) is 19.9 Å². The number of pyridine rings is 1. The summed E-state index contributed by atoms with van der Waals surface area (Å²) < 4.78 is 46.1. The third-order valence-corrected chi connectivity index (χ3v) is 5.78. The molecule has 1 N–H and O–H groups in total. The minimum atomic E-state index is -4.43. The van der Waals surface area contributed by atoms with E-state index in [0.29, 0.717) is 27.9 Å². The summed E-state index contributed by atoms with van der Waals surface area (Å²) in [6.45, 7) is 0.154. The fourth-order valence-corrected chi connectivity index (χ4v) is 4.21. The number of nitrogens with one attached hydrogen (secondary N) is 1. The molecule has 2 heterocycles. The normalized spacial score (nSPS) is 15.2. The highest BCUT2D eigenvalue weighted by Gasteiger charge is 2.31. The molecule has 1 saturated carbocycles. The van der Waals surface area contributed by atoms with Crippen LogP contribution in [0.5, 0.6) is 0 Å². The number of imidazole rings is 1. The Hall–Kier alpha value is -2.94. The van der Waals surface area contributed by atoms with Crippen LogP contribution in [0.3, 0.4) is 0 Å². The fraction of sp³-hybridized carbons (Fsp3) is 0.435. The molecule has 1 amide bonds. The summed E-state index contributed by atoms with van der Waals surface area (Å²) in [4.78, 5) is 21.2. The number of halogens is 3. The zero-order valence-electron chi connectivity index (χ0n) is 17.8. The number of rotatable bonds is 6. The average molecular weight is 446 g/mol. The van der Waals surface area contributed by atoms with Crippen LogP contribution < -0.4 is 5.32 Å². The lowest BCUT2D eigenvalue weighted by Gasteiger charge is -2.22. The fourth-order valence-electron chi connectivity index (χ4n) is 4.21. The van der Waals surface area contributed by atoms with Crippen LogP contribution >= 0.6 is 0 Å². The molecule has 0 aliphatic heterocycles. The number of carbonyl (C=O) groups is 1. The first-order valence-electron chi connectivity index (χ1n) is 10.6. The largest absolute Gasteiger partial charge is 0.416 e. The Morgan fingerprint density at radius 2 is 1.97 bits per heavy atom. The van der Waals surface area contributed by atoms with Gasteiger partial charge in [0.2, 0.25) is 5.91 Å². The highest BCUT2D eigenvalue weighted by Crippen LogP contribution is 2.34. The summed E-state index contributed by atoms with van der Waals surface area (Å²) in [7, 11) is 1.44. The lowest BCUT2D eigenvalue weighted by atomic mass is 9.95. The molecule has 0 atom stereocenters. The van der Waals surface area contributed by atoms with Gasteiger partial charge in [0.25, 0.3) is 0 Å². The molecule has 4 rings (SSSR count). The molecule has 0 spiro atoms. The van der Waals surface area contributed by atoms with Gasteiger partial charge in [-0.05, 0) is 42.2 Å². The van der Waals surface area contributed by atoms with Crippen LogP contribution in [0.4, 0.5) is 13.2 Å². The topological polar surface area (TPSA) is 69.0 Å². The molecule has 170 valence electrons. The Bertz CT molecular complexity index is 1100. The summed E-state index contributed by atoms with van der Waals surface area (Å²) in [5.41, 5.74) is 2.03. The molecule has 0 saturated heterocycles. The van der Waals surface area contributed by atoms with Crippen molar-refractivity contribution in [2.24, 2.45) is 0 Å². The standard InChI is InChI=1S/C23H25F3N4O2/c1-32-13-16-9-17(23(24,25)26)7-8-19(16)15-10-20-22(27-11-15)30(14-28-20)12-21(31)29-18-5-3-2-4-6-18/h7-11,14,18H,2-6,12-13H2,1H3,(H,29,31). The maximum Gasteiger partial charge on any atom is 0.416 e. The third-order valence-electron chi connectivity index (χ3n) is 5.78. The molecule has 1 aromatic carbocycles. The van der Waals surface area contributed by atoms with Crippen molar-refractivity contribution >= 4 is 17.1 Å². The molecule has 1 aliphatic rings. The van der Waals surface area contributed by atoms with E-state index in [2.05, 4.69) is 15.3 Å². The number of nitrogens with zero attached hydrogens (tertiary/aromatic N) is 3. The molecule has 3 aromatic rings. The number of amides is 1. The molecule has 0 bridgehead atoms. The molecule has 1 aliphatic carbocycles. The summed E-state index contributed by atoms with van der Waals surface area (Å²) in [5, 5.41) is 3.08. The Morgan fingerprint density at radius 1 is 1.19 bits per heavy atom. The van der Waals surface area contributed by atoms with Crippen LogP contribution in [0.15, 0.2) is 36.8 Å². The van der Waals surface area contributed by atoms with Crippen molar-refractivity contribution in [2.45, 2.75) is 57.5 Å². The van der Waals surface area contributed by atoms with Gasteiger partial charge in [-0.3, -0.25) is 4.79 Å². The van der Waals surface area contributed by atoms with Crippen LogP contribution in [-0.2, 0) is 28.9 Å².